The Kier molecular flexibility index (Phi) is 1.94. The van der Waals surface area contributed by atoms with Gasteiger partial charge in [0.2, 0.25) is 0 Å². The molecule has 0 aliphatic carbocycles. The zero-order valence-corrected chi connectivity index (χ0v) is 6.59. The second-order valence-corrected chi connectivity index (χ2v) is 2.73. The first-order valence-corrected chi connectivity index (χ1v) is 3.92. The largest absolute Gasteiger partial charge is 0.159 e. The van der Waals surface area contributed by atoms with Crippen LogP contribution in [0.5, 0.6) is 0 Å². The van der Waals surface area contributed by atoms with Gasteiger partial charge in [0, 0.05) is 6.42 Å². The lowest BCUT2D eigenvalue weighted by Gasteiger charge is -2.00. The van der Waals surface area contributed by atoms with Gasteiger partial charge < -0.3 is 0 Å². The topological polar surface area (TPSA) is 37.1 Å². The smallest absolute Gasteiger partial charge is 0.114 e. The standard InChI is InChI=1S/C9H9N3/c1-2-4-8(5-3-1)6-9-7-10-12-11-9/h1-5,7,9H,6H2. The highest BCUT2D eigenvalue weighted by atomic mass is 15.4. The number of hydrogen-bond acceptors (Lipinski definition) is 3. The van der Waals surface area contributed by atoms with Crippen molar-refractivity contribution in [2.45, 2.75) is 12.5 Å². The number of rotatable bonds is 2. The van der Waals surface area contributed by atoms with E-state index in [0.717, 1.165) is 6.42 Å². The Morgan fingerprint density at radius 2 is 2.00 bits per heavy atom. The third-order valence-corrected chi connectivity index (χ3v) is 1.78. The minimum Gasteiger partial charge on any atom is -0.159 e. The molecule has 0 radical (unpaired) electrons. The van der Waals surface area contributed by atoms with Gasteiger partial charge in [0.25, 0.3) is 0 Å². The maximum atomic E-state index is 3.93. The van der Waals surface area contributed by atoms with Crippen molar-refractivity contribution in [2.24, 2.45) is 15.4 Å². The first-order valence-electron chi connectivity index (χ1n) is 3.92. The van der Waals surface area contributed by atoms with Gasteiger partial charge in [0.1, 0.15) is 6.04 Å². The summed E-state index contributed by atoms with van der Waals surface area (Å²) < 4.78 is 0. The molecular formula is C9H9N3. The average Bonchev–Trinajstić information content (AvgIpc) is 2.59. The van der Waals surface area contributed by atoms with Crippen LogP contribution >= 0.6 is 0 Å². The molecule has 0 spiro atoms. The average molecular weight is 159 g/mol. The van der Waals surface area contributed by atoms with Gasteiger partial charge >= 0.3 is 0 Å². The van der Waals surface area contributed by atoms with Gasteiger partial charge in [-0.25, -0.2) is 0 Å². The molecule has 1 atom stereocenters. The zero-order chi connectivity index (χ0) is 8.23. The van der Waals surface area contributed by atoms with Crippen molar-refractivity contribution in [3.8, 4) is 0 Å². The van der Waals surface area contributed by atoms with Crippen LogP contribution in [0, 0.1) is 0 Å². The molecular weight excluding hydrogens is 150 g/mol. The third-order valence-electron chi connectivity index (χ3n) is 1.78. The normalized spacial score (nSPS) is 20.2. The van der Waals surface area contributed by atoms with E-state index in [2.05, 4.69) is 27.6 Å². The van der Waals surface area contributed by atoms with Gasteiger partial charge in [-0.15, -0.1) is 5.10 Å². The Morgan fingerprint density at radius 1 is 1.17 bits per heavy atom. The zero-order valence-electron chi connectivity index (χ0n) is 6.59. The molecule has 60 valence electrons. The van der Waals surface area contributed by atoms with Crippen LogP contribution in [0.4, 0.5) is 0 Å². The van der Waals surface area contributed by atoms with Crippen molar-refractivity contribution >= 4 is 6.21 Å². The fraction of sp³-hybridized carbons (Fsp3) is 0.222. The highest BCUT2D eigenvalue weighted by molar-refractivity contribution is 5.65. The number of benzene rings is 1. The van der Waals surface area contributed by atoms with Crippen LogP contribution < -0.4 is 0 Å². The Morgan fingerprint density at radius 3 is 2.67 bits per heavy atom. The second-order valence-electron chi connectivity index (χ2n) is 2.73. The van der Waals surface area contributed by atoms with Gasteiger partial charge in [-0.05, 0) is 10.8 Å². The third kappa shape index (κ3) is 1.56. The van der Waals surface area contributed by atoms with Crippen molar-refractivity contribution in [3.05, 3.63) is 35.9 Å². The highest BCUT2D eigenvalue weighted by Gasteiger charge is 2.07. The quantitative estimate of drug-likeness (QED) is 0.633. The molecule has 1 aliphatic heterocycles. The minimum absolute atomic E-state index is 0.146. The van der Waals surface area contributed by atoms with Gasteiger partial charge in [0.05, 0.1) is 6.21 Å². The summed E-state index contributed by atoms with van der Waals surface area (Å²) in [5.74, 6) is 0. The van der Waals surface area contributed by atoms with Crippen LogP contribution in [0.2, 0.25) is 0 Å². The summed E-state index contributed by atoms with van der Waals surface area (Å²) in [4.78, 5) is 0. The summed E-state index contributed by atoms with van der Waals surface area (Å²) in [7, 11) is 0. The van der Waals surface area contributed by atoms with Crippen LogP contribution in [0.3, 0.4) is 0 Å². The second kappa shape index (κ2) is 3.26. The fourth-order valence-electron chi connectivity index (χ4n) is 1.18. The fourth-order valence-corrected chi connectivity index (χ4v) is 1.18. The molecule has 1 aromatic rings. The van der Waals surface area contributed by atoms with Crippen molar-refractivity contribution < 1.29 is 0 Å². The molecule has 0 fully saturated rings. The maximum absolute atomic E-state index is 3.93. The van der Waals surface area contributed by atoms with Crippen molar-refractivity contribution in [1.29, 1.82) is 0 Å². The molecule has 0 amide bonds. The van der Waals surface area contributed by atoms with E-state index in [1.165, 1.54) is 5.56 Å². The lowest BCUT2D eigenvalue weighted by Crippen LogP contribution is -2.06. The first-order chi connectivity index (χ1) is 5.95. The molecule has 1 aromatic carbocycles. The minimum atomic E-state index is 0.146. The van der Waals surface area contributed by atoms with E-state index < -0.39 is 0 Å². The molecule has 0 bridgehead atoms. The van der Waals surface area contributed by atoms with Crippen molar-refractivity contribution in [1.82, 2.24) is 0 Å². The van der Waals surface area contributed by atoms with Crippen LogP contribution in [0.25, 0.3) is 0 Å². The van der Waals surface area contributed by atoms with E-state index in [0.29, 0.717) is 0 Å². The summed E-state index contributed by atoms with van der Waals surface area (Å²) >= 11 is 0. The number of hydrogen-bond donors (Lipinski definition) is 0. The van der Waals surface area contributed by atoms with Crippen LogP contribution in [0.1, 0.15) is 5.56 Å². The predicted octanol–water partition coefficient (Wildman–Crippen LogP) is 2.05. The van der Waals surface area contributed by atoms with Crippen LogP contribution in [0.15, 0.2) is 45.8 Å². The lowest BCUT2D eigenvalue weighted by molar-refractivity contribution is 0.827. The molecule has 3 nitrogen and oxygen atoms in total. The van der Waals surface area contributed by atoms with E-state index in [-0.39, 0.29) is 6.04 Å². The van der Waals surface area contributed by atoms with Gasteiger partial charge in [-0.1, -0.05) is 30.3 Å². The Balaban J connectivity index is 2.04. The van der Waals surface area contributed by atoms with Crippen molar-refractivity contribution in [2.75, 3.05) is 0 Å². The van der Waals surface area contributed by atoms with Crippen LogP contribution in [-0.4, -0.2) is 12.3 Å². The van der Waals surface area contributed by atoms with Gasteiger partial charge in [0.15, 0.2) is 0 Å². The molecule has 12 heavy (non-hydrogen) atoms. The lowest BCUT2D eigenvalue weighted by atomic mass is 10.1. The summed E-state index contributed by atoms with van der Waals surface area (Å²) in [6, 6.07) is 10.4. The molecule has 2 rings (SSSR count). The Labute approximate surface area is 70.8 Å². The van der Waals surface area contributed by atoms with Gasteiger partial charge in [-0.2, -0.15) is 5.11 Å². The maximum Gasteiger partial charge on any atom is 0.114 e. The number of nitrogens with zero attached hydrogens (tertiary/aromatic N) is 3. The molecule has 0 saturated carbocycles. The Bertz CT molecular complexity index is 291. The van der Waals surface area contributed by atoms with E-state index in [1.54, 1.807) is 6.21 Å². The molecule has 3 heteroatoms. The molecule has 1 aliphatic rings. The SMILES string of the molecule is C1=NN=NC1Cc1ccccc1. The Hall–Kier alpha value is -1.51. The predicted molar refractivity (Wildman–Crippen MR) is 47.3 cm³/mol. The van der Waals surface area contributed by atoms with Crippen molar-refractivity contribution in [3.63, 3.8) is 0 Å². The van der Waals surface area contributed by atoms with E-state index in [9.17, 15) is 0 Å². The van der Waals surface area contributed by atoms with Gasteiger partial charge in [-0.3, -0.25) is 0 Å². The highest BCUT2D eigenvalue weighted by Crippen LogP contribution is 2.07. The molecule has 0 aromatic heterocycles. The first kappa shape index (κ1) is 7.16. The van der Waals surface area contributed by atoms with Crippen LogP contribution in [-0.2, 0) is 6.42 Å². The monoisotopic (exact) mass is 159 g/mol. The summed E-state index contributed by atoms with van der Waals surface area (Å²) in [5.41, 5.74) is 1.27. The summed E-state index contributed by atoms with van der Waals surface area (Å²) in [5, 5.41) is 11.2. The van der Waals surface area contributed by atoms with E-state index in [1.807, 2.05) is 18.2 Å². The molecule has 0 saturated heterocycles. The summed E-state index contributed by atoms with van der Waals surface area (Å²) in [6.07, 6.45) is 2.67. The van der Waals surface area contributed by atoms with E-state index >= 15 is 0 Å². The van der Waals surface area contributed by atoms with E-state index in [4.69, 9.17) is 0 Å². The molecule has 1 heterocycles. The molecule has 0 N–H and O–H groups in total. The summed E-state index contributed by atoms with van der Waals surface area (Å²) in [6.45, 7) is 0. The molecule has 1 unspecified atom stereocenters.